The number of nitrogens with one attached hydrogen (secondary N) is 1. The number of aromatic nitrogens is 2. The predicted molar refractivity (Wildman–Crippen MR) is 55.3 cm³/mol. The summed E-state index contributed by atoms with van der Waals surface area (Å²) < 4.78 is 12.5. The van der Waals surface area contributed by atoms with Crippen molar-refractivity contribution in [3.05, 3.63) is 18.0 Å². The van der Waals surface area contributed by atoms with Crippen molar-refractivity contribution in [2.24, 2.45) is 7.05 Å². The van der Waals surface area contributed by atoms with E-state index in [9.17, 15) is 0 Å². The smallest absolute Gasteiger partial charge is 0.170 e. The van der Waals surface area contributed by atoms with Gasteiger partial charge in [0.2, 0.25) is 0 Å². The molecule has 0 radical (unpaired) electrons. The monoisotopic (exact) mass is 211 g/mol. The van der Waals surface area contributed by atoms with Crippen LogP contribution >= 0.6 is 0 Å². The third-order valence-corrected chi connectivity index (χ3v) is 2.51. The first-order valence-electron chi connectivity index (χ1n) is 5.21. The number of hydrogen-bond donors (Lipinski definition) is 1. The second kappa shape index (κ2) is 4.74. The Labute approximate surface area is 89.4 Å². The quantitative estimate of drug-likeness (QED) is 0.785. The average Bonchev–Trinajstić information content (AvgIpc) is 2.84. The van der Waals surface area contributed by atoms with Crippen LogP contribution in [-0.2, 0) is 16.5 Å². The van der Waals surface area contributed by atoms with Crippen LogP contribution in [0.1, 0.15) is 18.5 Å². The number of aryl methyl sites for hydroxylation is 1. The van der Waals surface area contributed by atoms with Crippen molar-refractivity contribution < 1.29 is 9.47 Å². The van der Waals surface area contributed by atoms with Crippen LogP contribution in [0.25, 0.3) is 0 Å². The van der Waals surface area contributed by atoms with Gasteiger partial charge < -0.3 is 14.8 Å². The van der Waals surface area contributed by atoms with Crippen LogP contribution in [0.5, 0.6) is 0 Å². The Balaban J connectivity index is 1.79. The molecule has 1 aromatic rings. The molecule has 15 heavy (non-hydrogen) atoms. The number of ether oxygens (including phenoxy) is 2. The maximum atomic E-state index is 5.34. The highest BCUT2D eigenvalue weighted by Gasteiger charge is 2.17. The lowest BCUT2D eigenvalue weighted by molar-refractivity contribution is -0.0403. The van der Waals surface area contributed by atoms with E-state index >= 15 is 0 Å². The summed E-state index contributed by atoms with van der Waals surface area (Å²) >= 11 is 0. The molecule has 0 unspecified atom stereocenters. The van der Waals surface area contributed by atoms with E-state index in [1.807, 2.05) is 19.4 Å². The van der Waals surface area contributed by atoms with Crippen molar-refractivity contribution >= 4 is 0 Å². The SMILES string of the molecule is C[C@H](NCC1OCCO1)c1cnn(C)c1. The van der Waals surface area contributed by atoms with Crippen molar-refractivity contribution in [2.75, 3.05) is 19.8 Å². The van der Waals surface area contributed by atoms with E-state index in [1.54, 1.807) is 4.68 Å². The van der Waals surface area contributed by atoms with Crippen LogP contribution in [0.4, 0.5) is 0 Å². The van der Waals surface area contributed by atoms with E-state index < -0.39 is 0 Å². The Morgan fingerprint density at radius 1 is 1.60 bits per heavy atom. The highest BCUT2D eigenvalue weighted by Crippen LogP contribution is 2.11. The van der Waals surface area contributed by atoms with Crippen LogP contribution in [0.2, 0.25) is 0 Å². The maximum Gasteiger partial charge on any atom is 0.170 e. The lowest BCUT2D eigenvalue weighted by Gasteiger charge is -2.15. The van der Waals surface area contributed by atoms with Gasteiger partial charge in [0.1, 0.15) is 0 Å². The molecule has 1 aromatic heterocycles. The van der Waals surface area contributed by atoms with Gasteiger partial charge in [-0.2, -0.15) is 5.10 Å². The first-order valence-corrected chi connectivity index (χ1v) is 5.21. The van der Waals surface area contributed by atoms with E-state index in [2.05, 4.69) is 17.3 Å². The normalized spacial score (nSPS) is 19.6. The first kappa shape index (κ1) is 10.6. The molecule has 84 valence electrons. The number of hydrogen-bond acceptors (Lipinski definition) is 4. The van der Waals surface area contributed by atoms with Gasteiger partial charge in [-0.3, -0.25) is 4.68 Å². The van der Waals surface area contributed by atoms with Crippen molar-refractivity contribution in [1.82, 2.24) is 15.1 Å². The molecule has 1 fully saturated rings. The van der Waals surface area contributed by atoms with Gasteiger partial charge in [0.15, 0.2) is 6.29 Å². The van der Waals surface area contributed by atoms with Gasteiger partial charge in [-0.05, 0) is 6.92 Å². The van der Waals surface area contributed by atoms with Crippen LogP contribution in [0.15, 0.2) is 12.4 Å². The van der Waals surface area contributed by atoms with Crippen LogP contribution in [-0.4, -0.2) is 35.8 Å². The molecule has 0 aromatic carbocycles. The Morgan fingerprint density at radius 2 is 2.33 bits per heavy atom. The number of nitrogens with zero attached hydrogens (tertiary/aromatic N) is 2. The third-order valence-electron chi connectivity index (χ3n) is 2.51. The fraction of sp³-hybridized carbons (Fsp3) is 0.700. The summed E-state index contributed by atoms with van der Waals surface area (Å²) in [6.45, 7) is 4.23. The second-order valence-electron chi connectivity index (χ2n) is 3.75. The predicted octanol–water partition coefficient (Wildman–Crippen LogP) is 0.444. The Hall–Kier alpha value is -0.910. The standard InChI is InChI=1S/C10H17N3O2/c1-8(9-5-12-13(2)7-9)11-6-10-14-3-4-15-10/h5,7-8,10-11H,3-4,6H2,1-2H3/t8-/m0/s1. The maximum absolute atomic E-state index is 5.34. The molecule has 1 N–H and O–H groups in total. The molecule has 0 aliphatic carbocycles. The van der Waals surface area contributed by atoms with Gasteiger partial charge in [-0.1, -0.05) is 0 Å². The average molecular weight is 211 g/mol. The fourth-order valence-electron chi connectivity index (χ4n) is 1.58. The largest absolute Gasteiger partial charge is 0.349 e. The van der Waals surface area contributed by atoms with Crippen LogP contribution < -0.4 is 5.32 Å². The molecule has 5 heteroatoms. The summed E-state index contributed by atoms with van der Waals surface area (Å²) in [7, 11) is 1.92. The Kier molecular flexibility index (Phi) is 3.35. The summed E-state index contributed by atoms with van der Waals surface area (Å²) in [4.78, 5) is 0. The zero-order chi connectivity index (χ0) is 10.7. The fourth-order valence-corrected chi connectivity index (χ4v) is 1.58. The summed E-state index contributed by atoms with van der Waals surface area (Å²) in [5.41, 5.74) is 1.18. The van der Waals surface area contributed by atoms with E-state index in [4.69, 9.17) is 9.47 Å². The molecule has 2 rings (SSSR count). The second-order valence-corrected chi connectivity index (χ2v) is 3.75. The molecule has 0 saturated carbocycles. The third kappa shape index (κ3) is 2.77. The molecular weight excluding hydrogens is 194 g/mol. The van der Waals surface area contributed by atoms with E-state index in [0.29, 0.717) is 13.2 Å². The summed E-state index contributed by atoms with van der Waals surface area (Å²) in [5, 5.41) is 7.48. The van der Waals surface area contributed by atoms with Gasteiger partial charge in [0.25, 0.3) is 0 Å². The Morgan fingerprint density at radius 3 is 2.93 bits per heavy atom. The molecule has 1 saturated heterocycles. The van der Waals surface area contributed by atoms with Gasteiger partial charge in [-0.25, -0.2) is 0 Å². The van der Waals surface area contributed by atoms with E-state index in [1.165, 1.54) is 5.56 Å². The first-order chi connectivity index (χ1) is 7.25. The molecule has 0 amide bonds. The molecule has 0 spiro atoms. The van der Waals surface area contributed by atoms with Gasteiger partial charge >= 0.3 is 0 Å². The highest BCUT2D eigenvalue weighted by molar-refractivity contribution is 5.08. The molecule has 0 bridgehead atoms. The zero-order valence-corrected chi connectivity index (χ0v) is 9.14. The summed E-state index contributed by atoms with van der Waals surface area (Å²) in [6, 6.07) is 0.270. The van der Waals surface area contributed by atoms with Crippen LogP contribution in [0.3, 0.4) is 0 Å². The topological polar surface area (TPSA) is 48.3 Å². The van der Waals surface area contributed by atoms with Crippen molar-refractivity contribution in [1.29, 1.82) is 0 Å². The van der Waals surface area contributed by atoms with Crippen molar-refractivity contribution in [3.8, 4) is 0 Å². The lowest BCUT2D eigenvalue weighted by atomic mass is 10.2. The summed E-state index contributed by atoms with van der Waals surface area (Å²) in [6.07, 6.45) is 3.78. The van der Waals surface area contributed by atoms with E-state index in [0.717, 1.165) is 6.54 Å². The van der Waals surface area contributed by atoms with Crippen molar-refractivity contribution in [2.45, 2.75) is 19.3 Å². The molecule has 5 nitrogen and oxygen atoms in total. The van der Waals surface area contributed by atoms with Crippen molar-refractivity contribution in [3.63, 3.8) is 0 Å². The molecule has 2 heterocycles. The minimum absolute atomic E-state index is 0.0934. The Bertz CT molecular complexity index is 307. The minimum atomic E-state index is -0.0934. The van der Waals surface area contributed by atoms with Gasteiger partial charge in [-0.15, -0.1) is 0 Å². The molecular formula is C10H17N3O2. The van der Waals surface area contributed by atoms with E-state index in [-0.39, 0.29) is 12.3 Å². The molecule has 1 atom stereocenters. The lowest BCUT2D eigenvalue weighted by Crippen LogP contribution is -2.29. The zero-order valence-electron chi connectivity index (χ0n) is 9.14. The minimum Gasteiger partial charge on any atom is -0.349 e. The molecule has 1 aliphatic heterocycles. The summed E-state index contributed by atoms with van der Waals surface area (Å²) in [5.74, 6) is 0. The van der Waals surface area contributed by atoms with Gasteiger partial charge in [0, 0.05) is 31.4 Å². The van der Waals surface area contributed by atoms with Gasteiger partial charge in [0.05, 0.1) is 19.4 Å². The van der Waals surface area contributed by atoms with Crippen LogP contribution in [0, 0.1) is 0 Å². The molecule has 1 aliphatic rings. The highest BCUT2D eigenvalue weighted by atomic mass is 16.7. The number of rotatable bonds is 4.